The third kappa shape index (κ3) is 3.47. The van der Waals surface area contributed by atoms with Gasteiger partial charge >= 0.3 is 0 Å². The van der Waals surface area contributed by atoms with E-state index in [1.807, 2.05) is 6.07 Å². The number of para-hydroxylation sites is 3. The van der Waals surface area contributed by atoms with E-state index in [1.165, 1.54) is 50.8 Å². The average Bonchev–Trinajstić information content (AvgIpc) is 3.60. The summed E-state index contributed by atoms with van der Waals surface area (Å²) in [5.41, 5.74) is 11.8. The minimum atomic E-state index is 0.927. The van der Waals surface area contributed by atoms with Crippen molar-refractivity contribution in [3.8, 4) is 16.8 Å². The van der Waals surface area contributed by atoms with Gasteiger partial charge in [0.15, 0.2) is 0 Å². The average molecular weight is 541 g/mol. The molecule has 0 bridgehead atoms. The number of rotatable bonds is 3. The van der Waals surface area contributed by atoms with Gasteiger partial charge in [0.1, 0.15) is 11.2 Å². The Kier molecular flexibility index (Phi) is 5.09. The van der Waals surface area contributed by atoms with Crippen LogP contribution in [-0.4, -0.2) is 11.1 Å². The highest BCUT2D eigenvalue weighted by Crippen LogP contribution is 2.41. The lowest BCUT2D eigenvalue weighted by molar-refractivity contribution is 0.673. The minimum absolute atomic E-state index is 0.927. The van der Waals surface area contributed by atoms with Gasteiger partial charge in [0.05, 0.1) is 16.4 Å². The molecule has 3 heterocycles. The molecule has 0 atom stereocenters. The smallest absolute Gasteiger partial charge is 0.145 e. The van der Waals surface area contributed by atoms with Crippen LogP contribution in [0.3, 0.4) is 0 Å². The fraction of sp³-hybridized carbons (Fsp3) is 0.0769. The van der Waals surface area contributed by atoms with Crippen molar-refractivity contribution in [1.29, 1.82) is 0 Å². The third-order valence-electron chi connectivity index (χ3n) is 8.93. The lowest BCUT2D eigenvalue weighted by Gasteiger charge is -2.31. The van der Waals surface area contributed by atoms with Gasteiger partial charge in [-0.3, -0.25) is 0 Å². The van der Waals surface area contributed by atoms with E-state index in [0.29, 0.717) is 0 Å². The first-order chi connectivity index (χ1) is 20.8. The summed E-state index contributed by atoms with van der Waals surface area (Å²) in [6.45, 7) is 1.06. The van der Waals surface area contributed by atoms with Crippen molar-refractivity contribution in [2.75, 3.05) is 11.4 Å². The molecule has 0 fully saturated rings. The van der Waals surface area contributed by atoms with Gasteiger partial charge in [-0.2, -0.15) is 0 Å². The first-order valence-corrected chi connectivity index (χ1v) is 14.7. The number of fused-ring (bicyclic) bond motifs is 8. The molecule has 0 saturated carbocycles. The van der Waals surface area contributed by atoms with Crippen LogP contribution in [0.2, 0.25) is 0 Å². The van der Waals surface area contributed by atoms with Crippen molar-refractivity contribution in [1.82, 2.24) is 4.57 Å². The highest BCUT2D eigenvalue weighted by atomic mass is 16.3. The van der Waals surface area contributed by atoms with Crippen molar-refractivity contribution in [3.63, 3.8) is 0 Å². The molecule has 0 saturated heterocycles. The number of furan rings is 1. The quantitative estimate of drug-likeness (QED) is 0.222. The number of aryl methyl sites for hydroxylation is 1. The maximum absolute atomic E-state index is 6.46. The van der Waals surface area contributed by atoms with Crippen molar-refractivity contribution in [3.05, 3.63) is 139 Å². The Bertz CT molecular complexity index is 2270. The van der Waals surface area contributed by atoms with Gasteiger partial charge in [0.25, 0.3) is 0 Å². The number of hydrogen-bond donors (Lipinski definition) is 0. The van der Waals surface area contributed by atoms with E-state index in [9.17, 15) is 0 Å². The molecule has 3 heteroatoms. The predicted octanol–water partition coefficient (Wildman–Crippen LogP) is 10.4. The Labute approximate surface area is 243 Å². The minimum Gasteiger partial charge on any atom is -0.455 e. The van der Waals surface area contributed by atoms with E-state index in [1.54, 1.807) is 0 Å². The zero-order chi connectivity index (χ0) is 27.6. The Balaban J connectivity index is 1.12. The standard InChI is InChI=1S/C39H28N2O/c1-4-12-34-28(8-1)9-7-25-40(34)29-19-15-26(16-20-29)27-17-21-30(22-18-27)41-35-13-5-2-11-33(35)38-36(41)24-23-32-31-10-3-6-14-37(31)42-39(32)38/h1-6,8,10-24H,7,9,25H2. The molecule has 0 spiro atoms. The van der Waals surface area contributed by atoms with Crippen LogP contribution in [0, 0.1) is 0 Å². The number of aromatic nitrogens is 1. The van der Waals surface area contributed by atoms with E-state index < -0.39 is 0 Å². The predicted molar refractivity (Wildman–Crippen MR) is 175 cm³/mol. The van der Waals surface area contributed by atoms with E-state index in [0.717, 1.165) is 46.1 Å². The van der Waals surface area contributed by atoms with Crippen LogP contribution in [0.5, 0.6) is 0 Å². The van der Waals surface area contributed by atoms with E-state index in [2.05, 4.69) is 137 Å². The van der Waals surface area contributed by atoms with E-state index in [4.69, 9.17) is 4.42 Å². The molecule has 2 aromatic heterocycles. The number of hydrogen-bond acceptors (Lipinski definition) is 2. The van der Waals surface area contributed by atoms with Crippen molar-refractivity contribution in [2.24, 2.45) is 0 Å². The summed E-state index contributed by atoms with van der Waals surface area (Å²) in [6, 6.07) is 48.1. The van der Waals surface area contributed by atoms with Gasteiger partial charge in [-0.25, -0.2) is 0 Å². The molecule has 6 aromatic carbocycles. The lowest BCUT2D eigenvalue weighted by Crippen LogP contribution is -2.24. The normalized spacial score (nSPS) is 13.4. The molecule has 0 unspecified atom stereocenters. The number of benzene rings is 6. The summed E-state index contributed by atoms with van der Waals surface area (Å²) in [4.78, 5) is 2.45. The van der Waals surface area contributed by atoms with Gasteiger partial charge in [-0.15, -0.1) is 0 Å². The molecular weight excluding hydrogens is 512 g/mol. The summed E-state index contributed by atoms with van der Waals surface area (Å²) in [5.74, 6) is 0. The maximum atomic E-state index is 6.46. The molecular formula is C39H28N2O. The van der Waals surface area contributed by atoms with Gasteiger partial charge in [0.2, 0.25) is 0 Å². The first kappa shape index (κ1) is 23.4. The lowest BCUT2D eigenvalue weighted by atomic mass is 10.00. The van der Waals surface area contributed by atoms with Crippen molar-refractivity contribution in [2.45, 2.75) is 12.8 Å². The van der Waals surface area contributed by atoms with Gasteiger partial charge in [-0.1, -0.05) is 78.9 Å². The fourth-order valence-corrected chi connectivity index (χ4v) is 6.95. The maximum Gasteiger partial charge on any atom is 0.145 e. The van der Waals surface area contributed by atoms with Crippen LogP contribution in [0.15, 0.2) is 138 Å². The SMILES string of the molecule is c1ccc2c(c1)CCCN2c1ccc(-c2ccc(-n3c4ccccc4c4c5oc6ccccc6c5ccc43)cc2)cc1. The number of nitrogens with zero attached hydrogens (tertiary/aromatic N) is 2. The molecule has 200 valence electrons. The zero-order valence-corrected chi connectivity index (χ0v) is 23.1. The summed E-state index contributed by atoms with van der Waals surface area (Å²) in [6.07, 6.45) is 2.34. The highest BCUT2D eigenvalue weighted by Gasteiger charge is 2.19. The summed E-state index contributed by atoms with van der Waals surface area (Å²) < 4.78 is 8.82. The van der Waals surface area contributed by atoms with Gasteiger partial charge in [-0.05, 0) is 84.1 Å². The topological polar surface area (TPSA) is 21.3 Å². The molecule has 9 rings (SSSR count). The number of anilines is 2. The largest absolute Gasteiger partial charge is 0.455 e. The molecule has 1 aliphatic heterocycles. The summed E-state index contributed by atoms with van der Waals surface area (Å²) in [7, 11) is 0. The van der Waals surface area contributed by atoms with E-state index in [-0.39, 0.29) is 0 Å². The zero-order valence-electron chi connectivity index (χ0n) is 23.1. The van der Waals surface area contributed by atoms with Crippen LogP contribution in [0.1, 0.15) is 12.0 Å². The molecule has 0 amide bonds. The monoisotopic (exact) mass is 540 g/mol. The van der Waals surface area contributed by atoms with Gasteiger partial charge in [0, 0.05) is 39.8 Å². The summed E-state index contributed by atoms with van der Waals surface area (Å²) in [5, 5.41) is 4.69. The Morgan fingerprint density at radius 3 is 2.05 bits per heavy atom. The van der Waals surface area contributed by atoms with Crippen LogP contribution in [-0.2, 0) is 6.42 Å². The first-order valence-electron chi connectivity index (χ1n) is 14.7. The summed E-state index contributed by atoms with van der Waals surface area (Å²) >= 11 is 0. The van der Waals surface area contributed by atoms with Crippen molar-refractivity contribution >= 4 is 55.1 Å². The van der Waals surface area contributed by atoms with Crippen LogP contribution in [0.25, 0.3) is 60.6 Å². The highest BCUT2D eigenvalue weighted by molar-refractivity contribution is 6.23. The Morgan fingerprint density at radius 2 is 1.21 bits per heavy atom. The molecule has 1 aliphatic rings. The molecule has 0 radical (unpaired) electrons. The van der Waals surface area contributed by atoms with Crippen molar-refractivity contribution < 1.29 is 4.42 Å². The Hall–Kier alpha value is -5.28. The van der Waals surface area contributed by atoms with Crippen LogP contribution >= 0.6 is 0 Å². The van der Waals surface area contributed by atoms with Crippen LogP contribution < -0.4 is 4.90 Å². The fourth-order valence-electron chi connectivity index (χ4n) is 6.95. The molecule has 42 heavy (non-hydrogen) atoms. The molecule has 8 aromatic rings. The molecule has 3 nitrogen and oxygen atoms in total. The van der Waals surface area contributed by atoms with Crippen LogP contribution in [0.4, 0.5) is 11.4 Å². The Morgan fingerprint density at radius 1 is 0.524 bits per heavy atom. The second kappa shape index (κ2) is 9.12. The molecule has 0 aliphatic carbocycles. The second-order valence-electron chi connectivity index (χ2n) is 11.3. The third-order valence-corrected chi connectivity index (χ3v) is 8.93. The molecule has 0 N–H and O–H groups in total. The second-order valence-corrected chi connectivity index (χ2v) is 11.3. The van der Waals surface area contributed by atoms with E-state index >= 15 is 0 Å². The van der Waals surface area contributed by atoms with Gasteiger partial charge < -0.3 is 13.9 Å².